The quantitative estimate of drug-likeness (QED) is 0.391. The lowest BCUT2D eigenvalue weighted by Crippen LogP contribution is -2.26. The van der Waals surface area contributed by atoms with Gasteiger partial charge in [0.2, 0.25) is 0 Å². The van der Waals surface area contributed by atoms with Gasteiger partial charge in [-0.3, -0.25) is 4.40 Å². The molecule has 1 atom stereocenters. The van der Waals surface area contributed by atoms with E-state index in [0.717, 1.165) is 12.8 Å². The number of halogens is 1. The molecule has 0 aliphatic carbocycles. The lowest BCUT2D eigenvalue weighted by Gasteiger charge is -2.14. The summed E-state index contributed by atoms with van der Waals surface area (Å²) in [5, 5.41) is 9.94. The monoisotopic (exact) mass is 413 g/mol. The number of benzene rings is 1. The van der Waals surface area contributed by atoms with Crippen molar-refractivity contribution in [1.82, 2.24) is 9.38 Å². The van der Waals surface area contributed by atoms with Crippen molar-refractivity contribution in [2.24, 2.45) is 0 Å². The van der Waals surface area contributed by atoms with E-state index in [1.54, 1.807) is 53.9 Å². The number of fused-ring (bicyclic) bond motifs is 1. The third-order valence-corrected chi connectivity index (χ3v) is 4.31. The summed E-state index contributed by atoms with van der Waals surface area (Å²) in [6, 6.07) is 12.1. The second kappa shape index (κ2) is 9.30. The number of pyridine rings is 1. The van der Waals surface area contributed by atoms with E-state index in [1.165, 1.54) is 0 Å². The number of nitriles is 1. The zero-order chi connectivity index (χ0) is 20.8. The summed E-state index contributed by atoms with van der Waals surface area (Å²) in [4.78, 5) is 16.2. The van der Waals surface area contributed by atoms with Gasteiger partial charge < -0.3 is 14.2 Å². The van der Waals surface area contributed by atoms with E-state index >= 15 is 0 Å². The molecule has 3 rings (SSSR count). The zero-order valence-electron chi connectivity index (χ0n) is 16.1. The van der Waals surface area contributed by atoms with Crippen LogP contribution in [-0.2, 0) is 9.53 Å². The minimum Gasteiger partial charge on any atom is -0.479 e. The molecule has 0 saturated heterocycles. The Bertz CT molecular complexity index is 1040. The Morgan fingerprint density at radius 3 is 2.66 bits per heavy atom. The van der Waals surface area contributed by atoms with Crippen molar-refractivity contribution in [3.8, 4) is 23.4 Å². The highest BCUT2D eigenvalue weighted by atomic mass is 35.5. The van der Waals surface area contributed by atoms with E-state index in [2.05, 4.69) is 11.1 Å². The number of carbonyl (C=O) groups excluding carboxylic acids is 1. The van der Waals surface area contributed by atoms with E-state index in [-0.39, 0.29) is 11.6 Å². The molecule has 0 saturated carbocycles. The topological polar surface area (TPSA) is 85.8 Å². The number of rotatable bonds is 8. The first kappa shape index (κ1) is 20.5. The van der Waals surface area contributed by atoms with Gasteiger partial charge in [-0.1, -0.05) is 24.9 Å². The van der Waals surface area contributed by atoms with Crippen LogP contribution in [0.5, 0.6) is 17.4 Å². The van der Waals surface area contributed by atoms with Crippen LogP contribution in [0.25, 0.3) is 5.65 Å². The van der Waals surface area contributed by atoms with E-state index in [9.17, 15) is 10.1 Å². The second-order valence-electron chi connectivity index (χ2n) is 6.31. The number of hydrogen-bond donors (Lipinski definition) is 0. The molecule has 0 N–H and O–H groups in total. The standard InChI is InChI=1S/C21H20ClN3O4/c1-3-4-11-27-21(26)14(2)28-16-6-8-17(9-7-16)29-20-18(12-23)25-13-15(22)5-10-19(25)24-20/h5-10,13-14H,3-4,11H2,1-2H3. The first-order valence-electron chi connectivity index (χ1n) is 9.20. The molecule has 1 aromatic carbocycles. The van der Waals surface area contributed by atoms with Gasteiger partial charge in [0.1, 0.15) is 23.2 Å². The maximum absolute atomic E-state index is 11.9. The molecule has 8 heteroatoms. The molecule has 2 heterocycles. The highest BCUT2D eigenvalue weighted by Gasteiger charge is 2.17. The smallest absolute Gasteiger partial charge is 0.347 e. The summed E-state index contributed by atoms with van der Waals surface area (Å²) < 4.78 is 18.1. The fourth-order valence-corrected chi connectivity index (χ4v) is 2.72. The first-order chi connectivity index (χ1) is 14.0. The third-order valence-electron chi connectivity index (χ3n) is 4.08. The van der Waals surface area contributed by atoms with Crippen LogP contribution in [-0.4, -0.2) is 28.1 Å². The minimum atomic E-state index is -0.716. The van der Waals surface area contributed by atoms with Crippen LogP contribution in [0.3, 0.4) is 0 Å². The fraction of sp³-hybridized carbons (Fsp3) is 0.286. The highest BCUT2D eigenvalue weighted by Crippen LogP contribution is 2.28. The Balaban J connectivity index is 1.67. The number of aromatic nitrogens is 2. The van der Waals surface area contributed by atoms with Crippen molar-refractivity contribution >= 4 is 23.2 Å². The fourth-order valence-electron chi connectivity index (χ4n) is 2.55. The van der Waals surface area contributed by atoms with Crippen LogP contribution >= 0.6 is 11.6 Å². The van der Waals surface area contributed by atoms with Gasteiger partial charge >= 0.3 is 5.97 Å². The van der Waals surface area contributed by atoms with Crippen molar-refractivity contribution in [2.75, 3.05) is 6.61 Å². The molecule has 0 aliphatic rings. The number of hydrogen-bond acceptors (Lipinski definition) is 6. The summed E-state index contributed by atoms with van der Waals surface area (Å²) in [7, 11) is 0. The van der Waals surface area contributed by atoms with Gasteiger partial charge in [-0.2, -0.15) is 10.2 Å². The largest absolute Gasteiger partial charge is 0.479 e. The molecular weight excluding hydrogens is 394 g/mol. The predicted octanol–water partition coefficient (Wildman–Crippen LogP) is 4.76. The molecule has 0 aliphatic heterocycles. The van der Waals surface area contributed by atoms with Crippen molar-refractivity contribution < 1.29 is 19.0 Å². The van der Waals surface area contributed by atoms with Gasteiger partial charge in [0.15, 0.2) is 11.8 Å². The van der Waals surface area contributed by atoms with Crippen LogP contribution in [0.15, 0.2) is 42.6 Å². The number of carbonyl (C=O) groups is 1. The van der Waals surface area contributed by atoms with Crippen molar-refractivity contribution in [3.05, 3.63) is 53.3 Å². The van der Waals surface area contributed by atoms with E-state index in [4.69, 9.17) is 25.8 Å². The minimum absolute atomic E-state index is 0.177. The molecule has 1 unspecified atom stereocenters. The molecule has 7 nitrogen and oxygen atoms in total. The maximum atomic E-state index is 11.9. The van der Waals surface area contributed by atoms with Crippen molar-refractivity contribution in [1.29, 1.82) is 5.26 Å². The Hall–Kier alpha value is -3.24. The second-order valence-corrected chi connectivity index (χ2v) is 6.74. The maximum Gasteiger partial charge on any atom is 0.347 e. The molecule has 0 fully saturated rings. The molecule has 3 aromatic rings. The molecule has 0 amide bonds. The third kappa shape index (κ3) is 4.98. The van der Waals surface area contributed by atoms with Gasteiger partial charge in [0.05, 0.1) is 11.6 Å². The predicted molar refractivity (Wildman–Crippen MR) is 107 cm³/mol. The van der Waals surface area contributed by atoms with Gasteiger partial charge in [-0.05, 0) is 49.7 Å². The molecule has 2 aromatic heterocycles. The lowest BCUT2D eigenvalue weighted by atomic mass is 10.3. The number of nitrogens with zero attached hydrogens (tertiary/aromatic N) is 3. The normalized spacial score (nSPS) is 11.7. The summed E-state index contributed by atoms with van der Waals surface area (Å²) in [6.45, 7) is 4.05. The highest BCUT2D eigenvalue weighted by molar-refractivity contribution is 6.30. The number of ether oxygens (including phenoxy) is 3. The number of esters is 1. The van der Waals surface area contributed by atoms with E-state index < -0.39 is 12.1 Å². The summed E-state index contributed by atoms with van der Waals surface area (Å²) in [5.74, 6) is 0.748. The van der Waals surface area contributed by atoms with Crippen molar-refractivity contribution in [3.63, 3.8) is 0 Å². The van der Waals surface area contributed by atoms with Crippen LogP contribution in [0.1, 0.15) is 32.4 Å². The Labute approximate surface area is 173 Å². The summed E-state index contributed by atoms with van der Waals surface area (Å²) in [5.41, 5.74) is 0.794. The average Bonchev–Trinajstić information content (AvgIpc) is 3.05. The van der Waals surface area contributed by atoms with Crippen LogP contribution < -0.4 is 9.47 Å². The van der Waals surface area contributed by atoms with Crippen LogP contribution in [0, 0.1) is 11.3 Å². The van der Waals surface area contributed by atoms with Crippen LogP contribution in [0.2, 0.25) is 5.02 Å². The zero-order valence-corrected chi connectivity index (χ0v) is 16.8. The van der Waals surface area contributed by atoms with Gasteiger partial charge in [0.25, 0.3) is 5.88 Å². The van der Waals surface area contributed by atoms with Crippen LogP contribution in [0.4, 0.5) is 0 Å². The number of unbranched alkanes of at least 4 members (excludes halogenated alkanes) is 1. The molecule has 0 bridgehead atoms. The Kier molecular flexibility index (Phi) is 6.57. The molecule has 150 valence electrons. The molecular formula is C21H20ClN3O4. The van der Waals surface area contributed by atoms with E-state index in [1.807, 2.05) is 6.92 Å². The Morgan fingerprint density at radius 1 is 1.24 bits per heavy atom. The molecule has 0 radical (unpaired) electrons. The van der Waals surface area contributed by atoms with Gasteiger partial charge in [-0.25, -0.2) is 4.79 Å². The van der Waals surface area contributed by atoms with Gasteiger partial charge in [-0.15, -0.1) is 0 Å². The number of imidazole rings is 1. The van der Waals surface area contributed by atoms with Crippen molar-refractivity contribution in [2.45, 2.75) is 32.8 Å². The molecule has 0 spiro atoms. The average molecular weight is 414 g/mol. The SMILES string of the molecule is CCCCOC(=O)C(C)Oc1ccc(Oc2nc3ccc(Cl)cn3c2C#N)cc1. The summed E-state index contributed by atoms with van der Waals surface area (Å²) >= 11 is 5.99. The Morgan fingerprint density at radius 2 is 1.97 bits per heavy atom. The lowest BCUT2D eigenvalue weighted by molar-refractivity contribution is -0.151. The summed E-state index contributed by atoms with van der Waals surface area (Å²) in [6.07, 6.45) is 2.67. The van der Waals surface area contributed by atoms with E-state index in [0.29, 0.717) is 28.8 Å². The van der Waals surface area contributed by atoms with Gasteiger partial charge in [0, 0.05) is 6.20 Å². The first-order valence-corrected chi connectivity index (χ1v) is 9.58. The molecule has 29 heavy (non-hydrogen) atoms.